The monoisotopic (exact) mass is 560 g/mol. The second-order valence-corrected chi connectivity index (χ2v) is 8.39. The number of benzene rings is 1. The molecule has 174 valence electrons. The number of thioether (sulfide) groups is 1. The molecule has 1 N–H and O–H groups in total. The molecule has 0 aliphatic heterocycles. The van der Waals surface area contributed by atoms with Crippen LogP contribution in [0, 0.1) is 5.92 Å². The van der Waals surface area contributed by atoms with Gasteiger partial charge in [-0.15, -0.1) is 34.2 Å². The van der Waals surface area contributed by atoms with Crippen LogP contribution in [-0.2, 0) is 19.5 Å². The highest BCUT2D eigenvalue weighted by Crippen LogP contribution is 2.17. The summed E-state index contributed by atoms with van der Waals surface area (Å²) in [4.78, 5) is 6.55. The smallest absolute Gasteiger partial charge is 0.193 e. The summed E-state index contributed by atoms with van der Waals surface area (Å²) < 4.78 is 7.76. The molecule has 0 unspecified atom stereocenters. The molecule has 0 spiro atoms. The molecule has 1 aromatic heterocycles. The third-order valence-corrected chi connectivity index (χ3v) is 5.28. The van der Waals surface area contributed by atoms with Gasteiger partial charge in [-0.05, 0) is 43.2 Å². The van der Waals surface area contributed by atoms with Gasteiger partial charge in [0.2, 0.25) is 0 Å². The first-order valence-corrected chi connectivity index (χ1v) is 11.8. The second kappa shape index (κ2) is 14.5. The molecule has 0 bridgehead atoms. The quantitative estimate of drug-likeness (QED) is 0.145. The van der Waals surface area contributed by atoms with Gasteiger partial charge < -0.3 is 19.5 Å². The highest BCUT2D eigenvalue weighted by atomic mass is 127. The topological polar surface area (TPSA) is 67.6 Å². The van der Waals surface area contributed by atoms with E-state index in [2.05, 4.69) is 69.3 Å². The number of halogens is 1. The third kappa shape index (κ3) is 8.88. The Morgan fingerprint density at radius 3 is 2.55 bits per heavy atom. The van der Waals surface area contributed by atoms with E-state index < -0.39 is 0 Å². The lowest BCUT2D eigenvalue weighted by Crippen LogP contribution is -2.39. The van der Waals surface area contributed by atoms with Gasteiger partial charge in [0.15, 0.2) is 11.1 Å². The van der Waals surface area contributed by atoms with Crippen molar-refractivity contribution < 1.29 is 4.74 Å². The van der Waals surface area contributed by atoms with Crippen molar-refractivity contribution in [3.63, 3.8) is 0 Å². The normalized spacial score (nSPS) is 11.4. The van der Waals surface area contributed by atoms with Gasteiger partial charge in [0.1, 0.15) is 11.6 Å². The first-order chi connectivity index (χ1) is 14.5. The van der Waals surface area contributed by atoms with Gasteiger partial charge in [0.25, 0.3) is 0 Å². The van der Waals surface area contributed by atoms with Crippen molar-refractivity contribution in [3.05, 3.63) is 35.7 Å². The Bertz CT molecular complexity index is 794. The number of hydrogen-bond acceptors (Lipinski definition) is 5. The maximum Gasteiger partial charge on any atom is 0.193 e. The maximum absolute atomic E-state index is 5.51. The molecule has 0 saturated carbocycles. The maximum atomic E-state index is 5.51. The van der Waals surface area contributed by atoms with Gasteiger partial charge in [-0.3, -0.25) is 4.99 Å². The van der Waals surface area contributed by atoms with E-state index in [-0.39, 0.29) is 24.0 Å². The molecule has 1 heterocycles. The molecule has 0 saturated heterocycles. The SMILES string of the molecule is CCOc1ccc(CN(C)C(=NC)NCCCc2nnc(SC)n2CC(C)C)cc1.I. The number of guanidine groups is 1. The van der Waals surface area contributed by atoms with E-state index in [0.29, 0.717) is 12.5 Å². The molecular formula is C22H37IN6OS. The Labute approximate surface area is 208 Å². The number of aromatic nitrogens is 3. The van der Waals surface area contributed by atoms with Crippen molar-refractivity contribution in [1.82, 2.24) is 25.0 Å². The molecule has 7 nitrogen and oxygen atoms in total. The van der Waals surface area contributed by atoms with Crippen molar-refractivity contribution in [2.45, 2.75) is 51.9 Å². The van der Waals surface area contributed by atoms with E-state index in [9.17, 15) is 0 Å². The average Bonchev–Trinajstić information content (AvgIpc) is 3.10. The van der Waals surface area contributed by atoms with Gasteiger partial charge in [-0.1, -0.05) is 37.7 Å². The van der Waals surface area contributed by atoms with E-state index >= 15 is 0 Å². The van der Waals surface area contributed by atoms with Crippen LogP contribution in [0.25, 0.3) is 0 Å². The summed E-state index contributed by atoms with van der Waals surface area (Å²) >= 11 is 1.65. The first kappa shape index (κ1) is 27.5. The van der Waals surface area contributed by atoms with Crippen molar-refractivity contribution >= 4 is 41.7 Å². The standard InChI is InChI=1S/C22H36N6OS.HI/c1-7-29-19-12-10-18(11-13-19)16-27(5)21(23-4)24-14-8-9-20-25-26-22(30-6)28(20)15-17(2)3;/h10-13,17H,7-9,14-16H2,1-6H3,(H,23,24);1H. The zero-order valence-corrected chi connectivity index (χ0v) is 22.7. The number of nitrogens with zero attached hydrogens (tertiary/aromatic N) is 5. The Hall–Kier alpha value is -1.49. The van der Waals surface area contributed by atoms with E-state index in [1.54, 1.807) is 11.8 Å². The van der Waals surface area contributed by atoms with Crippen LogP contribution in [0.5, 0.6) is 5.75 Å². The number of aryl methyl sites for hydroxylation is 1. The minimum Gasteiger partial charge on any atom is -0.494 e. The Balaban J connectivity index is 0.00000480. The van der Waals surface area contributed by atoms with Crippen LogP contribution in [0.1, 0.15) is 38.6 Å². The predicted octanol–water partition coefficient (Wildman–Crippen LogP) is 4.31. The predicted molar refractivity (Wildman–Crippen MR) is 141 cm³/mol. The van der Waals surface area contributed by atoms with Gasteiger partial charge in [-0.25, -0.2) is 0 Å². The molecular weight excluding hydrogens is 523 g/mol. The molecule has 2 aromatic rings. The van der Waals surface area contributed by atoms with Gasteiger partial charge >= 0.3 is 0 Å². The van der Waals surface area contributed by atoms with Crippen molar-refractivity contribution in [3.8, 4) is 5.75 Å². The van der Waals surface area contributed by atoms with Crippen molar-refractivity contribution in [2.75, 3.05) is 33.5 Å². The first-order valence-electron chi connectivity index (χ1n) is 10.6. The van der Waals surface area contributed by atoms with Gasteiger partial charge in [0.05, 0.1) is 6.61 Å². The lowest BCUT2D eigenvalue weighted by molar-refractivity contribution is 0.340. The molecule has 0 atom stereocenters. The molecule has 0 fully saturated rings. The highest BCUT2D eigenvalue weighted by Gasteiger charge is 2.13. The molecule has 0 amide bonds. The lowest BCUT2D eigenvalue weighted by atomic mass is 10.2. The summed E-state index contributed by atoms with van der Waals surface area (Å²) in [5.41, 5.74) is 1.22. The minimum absolute atomic E-state index is 0. The Morgan fingerprint density at radius 2 is 1.97 bits per heavy atom. The summed E-state index contributed by atoms with van der Waals surface area (Å²) in [6, 6.07) is 8.22. The van der Waals surface area contributed by atoms with Crippen LogP contribution in [0.15, 0.2) is 34.4 Å². The number of nitrogens with one attached hydrogen (secondary N) is 1. The molecule has 0 aliphatic rings. The molecule has 9 heteroatoms. The van der Waals surface area contributed by atoms with Crippen LogP contribution in [0.4, 0.5) is 0 Å². The van der Waals surface area contributed by atoms with Crippen LogP contribution in [-0.4, -0.2) is 59.1 Å². The summed E-state index contributed by atoms with van der Waals surface area (Å²) in [6.45, 7) is 9.70. The van der Waals surface area contributed by atoms with Crippen LogP contribution < -0.4 is 10.1 Å². The Kier molecular flexibility index (Phi) is 12.9. The minimum atomic E-state index is 0. The molecule has 0 radical (unpaired) electrons. The van der Waals surface area contributed by atoms with Crippen LogP contribution in [0.3, 0.4) is 0 Å². The fourth-order valence-corrected chi connectivity index (χ4v) is 3.76. The molecule has 31 heavy (non-hydrogen) atoms. The fraction of sp³-hybridized carbons (Fsp3) is 0.591. The largest absolute Gasteiger partial charge is 0.494 e. The van der Waals surface area contributed by atoms with Gasteiger partial charge in [-0.2, -0.15) is 0 Å². The highest BCUT2D eigenvalue weighted by molar-refractivity contribution is 14.0. The molecule has 0 aliphatic carbocycles. The molecule has 2 rings (SSSR count). The van der Waals surface area contributed by atoms with Crippen molar-refractivity contribution in [1.29, 1.82) is 0 Å². The van der Waals surface area contributed by atoms with E-state index in [4.69, 9.17) is 4.74 Å². The van der Waals surface area contributed by atoms with Crippen LogP contribution >= 0.6 is 35.7 Å². The van der Waals surface area contributed by atoms with Gasteiger partial charge in [0, 0.05) is 40.2 Å². The zero-order valence-electron chi connectivity index (χ0n) is 19.6. The second-order valence-electron chi connectivity index (χ2n) is 7.62. The van der Waals surface area contributed by atoms with Crippen LogP contribution in [0.2, 0.25) is 0 Å². The van der Waals surface area contributed by atoms with Crippen molar-refractivity contribution in [2.24, 2.45) is 10.9 Å². The van der Waals surface area contributed by atoms with E-state index in [1.807, 2.05) is 26.1 Å². The fourth-order valence-electron chi connectivity index (χ4n) is 3.24. The number of ether oxygens (including phenoxy) is 1. The van der Waals surface area contributed by atoms with E-state index in [1.165, 1.54) is 5.56 Å². The average molecular weight is 561 g/mol. The third-order valence-electron chi connectivity index (χ3n) is 4.61. The lowest BCUT2D eigenvalue weighted by Gasteiger charge is -2.22. The summed E-state index contributed by atoms with van der Waals surface area (Å²) in [5, 5.41) is 13.2. The summed E-state index contributed by atoms with van der Waals surface area (Å²) in [5.74, 6) is 3.42. The number of hydrogen-bond donors (Lipinski definition) is 1. The Morgan fingerprint density at radius 1 is 1.26 bits per heavy atom. The number of rotatable bonds is 11. The zero-order chi connectivity index (χ0) is 21.9. The van der Waals surface area contributed by atoms with E-state index in [0.717, 1.165) is 55.2 Å². The summed E-state index contributed by atoms with van der Waals surface area (Å²) in [7, 11) is 3.87. The number of aliphatic imine (C=N–C) groups is 1. The summed E-state index contributed by atoms with van der Waals surface area (Å²) in [6.07, 6.45) is 3.92. The molecule has 1 aromatic carbocycles.